The Kier molecular flexibility index (Phi) is 2.34. The summed E-state index contributed by atoms with van der Waals surface area (Å²) in [7, 11) is 0. The minimum atomic E-state index is 0.115. The molecule has 0 bridgehead atoms. The molecule has 13 heavy (non-hydrogen) atoms. The van der Waals surface area contributed by atoms with Crippen LogP contribution < -0.4 is 5.56 Å². The third kappa shape index (κ3) is 1.47. The van der Waals surface area contributed by atoms with Crippen LogP contribution in [0.2, 0.25) is 0 Å². The van der Waals surface area contributed by atoms with Crippen LogP contribution >= 0.6 is 0 Å². The van der Waals surface area contributed by atoms with Crippen molar-refractivity contribution in [2.24, 2.45) is 0 Å². The van der Waals surface area contributed by atoms with Crippen molar-refractivity contribution in [1.82, 2.24) is 8.55 Å². The number of aromatic nitrogens is 2. The second-order valence-corrected chi connectivity index (χ2v) is 4.97. The van der Waals surface area contributed by atoms with Crippen LogP contribution in [0.5, 0.6) is 0 Å². The third-order valence-corrected chi connectivity index (χ3v) is 4.09. The molecular formula is C9H10N2OSe. The first-order valence-corrected chi connectivity index (χ1v) is 5.90. The zero-order valence-corrected chi connectivity index (χ0v) is 9.07. The number of fused-ring (bicyclic) bond motifs is 1. The first kappa shape index (κ1) is 8.73. The second kappa shape index (κ2) is 3.48. The third-order valence-electron chi connectivity index (χ3n) is 1.85. The maximum atomic E-state index is 11.7. The van der Waals surface area contributed by atoms with Crippen molar-refractivity contribution in [3.05, 3.63) is 28.7 Å². The quantitative estimate of drug-likeness (QED) is 0.731. The summed E-state index contributed by atoms with van der Waals surface area (Å²) in [5.41, 5.74) is 0.157. The summed E-state index contributed by atoms with van der Waals surface area (Å²) in [6.45, 7) is 2.94. The monoisotopic (exact) mass is 242 g/mol. The SMILES string of the molecule is CCCn1[se]c2ncccc2c1=O. The van der Waals surface area contributed by atoms with Gasteiger partial charge in [-0.3, -0.25) is 0 Å². The number of hydrogen-bond acceptors (Lipinski definition) is 2. The molecule has 3 nitrogen and oxygen atoms in total. The standard InChI is InChI=1S/C9H10N2OSe/c1-2-6-11-9(12)7-4-3-5-10-8(7)13-11/h3-5H,2,6H2,1H3. The Labute approximate surface area is 82.0 Å². The normalized spacial score (nSPS) is 10.8. The Morgan fingerprint density at radius 2 is 2.46 bits per heavy atom. The zero-order valence-electron chi connectivity index (χ0n) is 7.36. The summed E-state index contributed by atoms with van der Waals surface area (Å²) in [6.07, 6.45) is 2.77. The van der Waals surface area contributed by atoms with Crippen LogP contribution in [0.4, 0.5) is 0 Å². The fraction of sp³-hybridized carbons (Fsp3) is 0.333. The van der Waals surface area contributed by atoms with E-state index in [0.717, 1.165) is 22.7 Å². The average Bonchev–Trinajstić information content (AvgIpc) is 2.46. The van der Waals surface area contributed by atoms with E-state index in [4.69, 9.17) is 0 Å². The molecule has 0 atom stereocenters. The fourth-order valence-electron chi connectivity index (χ4n) is 1.26. The maximum absolute atomic E-state index is 11.7. The molecule has 0 saturated carbocycles. The van der Waals surface area contributed by atoms with E-state index in [1.54, 1.807) is 6.20 Å². The van der Waals surface area contributed by atoms with Gasteiger partial charge in [0, 0.05) is 0 Å². The van der Waals surface area contributed by atoms with Crippen LogP contribution in [-0.4, -0.2) is 23.3 Å². The van der Waals surface area contributed by atoms with Crippen molar-refractivity contribution in [2.75, 3.05) is 0 Å². The first-order valence-electron chi connectivity index (χ1n) is 4.27. The molecule has 0 N–H and O–H groups in total. The van der Waals surface area contributed by atoms with Gasteiger partial charge in [-0.1, -0.05) is 0 Å². The van der Waals surface area contributed by atoms with Gasteiger partial charge in [0.2, 0.25) is 0 Å². The van der Waals surface area contributed by atoms with E-state index in [-0.39, 0.29) is 20.3 Å². The molecule has 0 aromatic carbocycles. The molecule has 2 aromatic heterocycles. The summed E-state index contributed by atoms with van der Waals surface area (Å²) in [6, 6.07) is 3.68. The average molecular weight is 241 g/mol. The summed E-state index contributed by atoms with van der Waals surface area (Å²) in [4.78, 5) is 15.9. The van der Waals surface area contributed by atoms with E-state index < -0.39 is 0 Å². The van der Waals surface area contributed by atoms with Gasteiger partial charge in [0.15, 0.2) is 0 Å². The molecule has 68 valence electrons. The van der Waals surface area contributed by atoms with E-state index in [9.17, 15) is 4.79 Å². The van der Waals surface area contributed by atoms with Crippen LogP contribution in [0.1, 0.15) is 13.3 Å². The van der Waals surface area contributed by atoms with Gasteiger partial charge in [0.05, 0.1) is 0 Å². The van der Waals surface area contributed by atoms with Gasteiger partial charge in [-0.15, -0.1) is 0 Å². The first-order chi connectivity index (χ1) is 6.33. The van der Waals surface area contributed by atoms with Gasteiger partial charge in [-0.2, -0.15) is 0 Å². The molecule has 0 spiro atoms. The van der Waals surface area contributed by atoms with E-state index in [1.165, 1.54) is 0 Å². The van der Waals surface area contributed by atoms with Crippen LogP contribution in [0.3, 0.4) is 0 Å². The minimum absolute atomic E-state index is 0.115. The van der Waals surface area contributed by atoms with Crippen molar-refractivity contribution in [3.63, 3.8) is 0 Å². The molecule has 2 aromatic rings. The summed E-state index contributed by atoms with van der Waals surface area (Å²) in [5, 5.41) is 0.802. The number of rotatable bonds is 2. The van der Waals surface area contributed by atoms with Gasteiger partial charge in [-0.05, 0) is 0 Å². The molecule has 2 rings (SSSR count). The Morgan fingerprint density at radius 3 is 3.15 bits per heavy atom. The molecule has 0 fully saturated rings. The van der Waals surface area contributed by atoms with Gasteiger partial charge < -0.3 is 0 Å². The van der Waals surface area contributed by atoms with Crippen molar-refractivity contribution in [3.8, 4) is 0 Å². The van der Waals surface area contributed by atoms with Crippen molar-refractivity contribution in [2.45, 2.75) is 19.9 Å². The van der Waals surface area contributed by atoms with Crippen LogP contribution in [-0.2, 0) is 6.54 Å². The Hall–Kier alpha value is -0.861. The molecule has 0 radical (unpaired) electrons. The molecule has 0 aliphatic rings. The number of pyridine rings is 1. The van der Waals surface area contributed by atoms with E-state index in [0.29, 0.717) is 0 Å². The van der Waals surface area contributed by atoms with Gasteiger partial charge in [-0.25, -0.2) is 0 Å². The van der Waals surface area contributed by atoms with Crippen molar-refractivity contribution in [1.29, 1.82) is 0 Å². The molecule has 2 heterocycles. The van der Waals surface area contributed by atoms with Crippen LogP contribution in [0.25, 0.3) is 9.78 Å². The summed E-state index contributed by atoms with van der Waals surface area (Å²) < 4.78 is 2.89. The van der Waals surface area contributed by atoms with Crippen molar-refractivity contribution >= 4 is 24.5 Å². The van der Waals surface area contributed by atoms with Gasteiger partial charge in [0.1, 0.15) is 0 Å². The molecular weight excluding hydrogens is 231 g/mol. The summed E-state index contributed by atoms with van der Waals surface area (Å²) >= 11 is 0.115. The summed E-state index contributed by atoms with van der Waals surface area (Å²) in [5.74, 6) is 0. The van der Waals surface area contributed by atoms with Gasteiger partial charge >= 0.3 is 81.6 Å². The predicted octanol–water partition coefficient (Wildman–Crippen LogP) is 0.863. The Balaban J connectivity index is 2.67. The van der Waals surface area contributed by atoms with E-state index >= 15 is 0 Å². The second-order valence-electron chi connectivity index (χ2n) is 2.85. The zero-order chi connectivity index (χ0) is 9.26. The fourth-order valence-corrected chi connectivity index (χ4v) is 3.41. The van der Waals surface area contributed by atoms with Crippen molar-refractivity contribution < 1.29 is 0 Å². The number of nitrogens with zero attached hydrogens (tertiary/aromatic N) is 2. The van der Waals surface area contributed by atoms with Gasteiger partial charge in [0.25, 0.3) is 0 Å². The number of aryl methyl sites for hydroxylation is 1. The number of hydrogen-bond donors (Lipinski definition) is 0. The Morgan fingerprint density at radius 1 is 1.62 bits per heavy atom. The van der Waals surface area contributed by atoms with E-state index in [1.807, 2.05) is 15.7 Å². The Bertz CT molecular complexity index is 472. The topological polar surface area (TPSA) is 34.9 Å². The van der Waals surface area contributed by atoms with Crippen LogP contribution in [0, 0.1) is 0 Å². The molecule has 0 unspecified atom stereocenters. The van der Waals surface area contributed by atoms with E-state index in [2.05, 4.69) is 11.9 Å². The molecule has 0 amide bonds. The van der Waals surface area contributed by atoms with Crippen LogP contribution in [0.15, 0.2) is 23.1 Å². The predicted molar refractivity (Wildman–Crippen MR) is 53.2 cm³/mol. The molecule has 0 aliphatic carbocycles. The molecule has 4 heteroatoms. The molecule has 0 saturated heterocycles. The molecule has 0 aliphatic heterocycles.